The number of aromatic nitrogens is 1. The maximum atomic E-state index is 12.8. The summed E-state index contributed by atoms with van der Waals surface area (Å²) in [5, 5.41) is 3.51. The van der Waals surface area contributed by atoms with Crippen LogP contribution in [0.4, 0.5) is 5.69 Å². The highest BCUT2D eigenvalue weighted by Gasteiger charge is 2.33. The lowest BCUT2D eigenvalue weighted by Gasteiger charge is -2.38. The SMILES string of the molecule is Cc1cc(N2CCN(S(=O)(=O)N3CCOCC3)CC2)cc([C@H]2CCCN2)n1. The summed E-state index contributed by atoms with van der Waals surface area (Å²) in [5.74, 6) is 0. The zero-order chi connectivity index (χ0) is 18.9. The second-order valence-electron chi connectivity index (χ2n) is 7.45. The molecule has 3 aliphatic rings. The molecule has 9 heteroatoms. The summed E-state index contributed by atoms with van der Waals surface area (Å²) in [5.41, 5.74) is 3.26. The quantitative estimate of drug-likeness (QED) is 0.801. The van der Waals surface area contributed by atoms with Crippen molar-refractivity contribution < 1.29 is 13.2 Å². The molecule has 0 saturated carbocycles. The lowest BCUT2D eigenvalue weighted by molar-refractivity contribution is 0.0700. The molecule has 1 atom stereocenters. The van der Waals surface area contributed by atoms with E-state index in [9.17, 15) is 8.42 Å². The zero-order valence-corrected chi connectivity index (χ0v) is 16.7. The number of pyridine rings is 1. The third-order valence-corrected chi connectivity index (χ3v) is 7.64. The fraction of sp³-hybridized carbons (Fsp3) is 0.722. The lowest BCUT2D eigenvalue weighted by Crippen LogP contribution is -2.55. The van der Waals surface area contributed by atoms with E-state index in [2.05, 4.69) is 22.3 Å². The van der Waals surface area contributed by atoms with E-state index in [0.29, 0.717) is 58.5 Å². The van der Waals surface area contributed by atoms with Gasteiger partial charge < -0.3 is 15.0 Å². The molecule has 3 aliphatic heterocycles. The van der Waals surface area contributed by atoms with Gasteiger partial charge in [0.2, 0.25) is 0 Å². The molecule has 27 heavy (non-hydrogen) atoms. The maximum absolute atomic E-state index is 12.8. The smallest absolute Gasteiger partial charge is 0.282 e. The minimum Gasteiger partial charge on any atom is -0.379 e. The first-order chi connectivity index (χ1) is 13.0. The number of hydrogen-bond acceptors (Lipinski definition) is 6. The van der Waals surface area contributed by atoms with Crippen LogP contribution < -0.4 is 10.2 Å². The van der Waals surface area contributed by atoms with Crippen LogP contribution in [0.25, 0.3) is 0 Å². The van der Waals surface area contributed by atoms with Gasteiger partial charge in [0.25, 0.3) is 10.2 Å². The molecule has 8 nitrogen and oxygen atoms in total. The Morgan fingerprint density at radius 1 is 1.07 bits per heavy atom. The van der Waals surface area contributed by atoms with Gasteiger partial charge >= 0.3 is 0 Å². The monoisotopic (exact) mass is 395 g/mol. The molecule has 0 unspecified atom stereocenters. The van der Waals surface area contributed by atoms with Crippen molar-refractivity contribution in [3.05, 3.63) is 23.5 Å². The molecule has 1 aromatic heterocycles. The molecule has 0 aromatic carbocycles. The lowest BCUT2D eigenvalue weighted by atomic mass is 10.1. The van der Waals surface area contributed by atoms with Crippen molar-refractivity contribution in [3.8, 4) is 0 Å². The number of nitrogens with one attached hydrogen (secondary N) is 1. The van der Waals surface area contributed by atoms with Crippen molar-refractivity contribution in [2.75, 3.05) is 63.9 Å². The number of anilines is 1. The Bertz CT molecular complexity index is 752. The van der Waals surface area contributed by atoms with Gasteiger partial charge in [-0.05, 0) is 38.4 Å². The van der Waals surface area contributed by atoms with Crippen LogP contribution in [-0.4, -0.2) is 81.0 Å². The molecule has 0 bridgehead atoms. The minimum atomic E-state index is -3.38. The number of piperazine rings is 1. The topological polar surface area (TPSA) is 78.0 Å². The van der Waals surface area contributed by atoms with Gasteiger partial charge in [0.05, 0.1) is 18.9 Å². The first kappa shape index (κ1) is 19.1. The fourth-order valence-electron chi connectivity index (χ4n) is 4.09. The fourth-order valence-corrected chi connectivity index (χ4v) is 5.65. The highest BCUT2D eigenvalue weighted by Crippen LogP contribution is 2.27. The molecular formula is C18H29N5O3S. The highest BCUT2D eigenvalue weighted by atomic mass is 32.2. The number of rotatable bonds is 4. The van der Waals surface area contributed by atoms with E-state index < -0.39 is 10.2 Å². The van der Waals surface area contributed by atoms with Gasteiger partial charge in [0.1, 0.15) is 0 Å². The van der Waals surface area contributed by atoms with Crippen LogP contribution in [0.15, 0.2) is 12.1 Å². The molecule has 3 saturated heterocycles. The number of aryl methyl sites for hydroxylation is 1. The van der Waals surface area contributed by atoms with Crippen molar-refractivity contribution in [1.82, 2.24) is 18.9 Å². The highest BCUT2D eigenvalue weighted by molar-refractivity contribution is 7.86. The van der Waals surface area contributed by atoms with E-state index in [1.54, 1.807) is 8.61 Å². The van der Waals surface area contributed by atoms with Crippen LogP contribution in [0.2, 0.25) is 0 Å². The van der Waals surface area contributed by atoms with Gasteiger partial charge in [-0.25, -0.2) is 0 Å². The van der Waals surface area contributed by atoms with Crippen molar-refractivity contribution in [1.29, 1.82) is 0 Å². The molecule has 4 heterocycles. The van der Waals surface area contributed by atoms with Crippen LogP contribution in [0, 0.1) is 6.92 Å². The second-order valence-corrected chi connectivity index (χ2v) is 9.37. The van der Waals surface area contributed by atoms with Gasteiger partial charge in [-0.2, -0.15) is 17.0 Å². The average molecular weight is 396 g/mol. The summed E-state index contributed by atoms with van der Waals surface area (Å²) in [6, 6.07) is 4.61. The Morgan fingerprint density at radius 2 is 1.78 bits per heavy atom. The zero-order valence-electron chi connectivity index (χ0n) is 15.9. The van der Waals surface area contributed by atoms with Gasteiger partial charge in [-0.3, -0.25) is 4.98 Å². The average Bonchev–Trinajstić information content (AvgIpc) is 3.23. The Hall–Kier alpha value is -1.26. The van der Waals surface area contributed by atoms with E-state index in [0.717, 1.165) is 30.0 Å². The molecular weight excluding hydrogens is 366 g/mol. The first-order valence-corrected chi connectivity index (χ1v) is 11.2. The van der Waals surface area contributed by atoms with Crippen molar-refractivity contribution in [3.63, 3.8) is 0 Å². The summed E-state index contributed by atoms with van der Waals surface area (Å²) in [6.45, 7) is 7.36. The van der Waals surface area contributed by atoms with E-state index in [1.807, 2.05) is 6.92 Å². The van der Waals surface area contributed by atoms with Crippen LogP contribution in [0.5, 0.6) is 0 Å². The molecule has 0 spiro atoms. The number of morpholine rings is 1. The molecule has 0 amide bonds. The molecule has 1 aromatic rings. The van der Waals surface area contributed by atoms with Crippen LogP contribution in [0.1, 0.15) is 30.3 Å². The summed E-state index contributed by atoms with van der Waals surface area (Å²) < 4.78 is 34.1. The van der Waals surface area contributed by atoms with Gasteiger partial charge in [0.15, 0.2) is 0 Å². The standard InChI is InChI=1S/C18H29N5O3S/c1-15-13-16(14-18(20-15)17-3-2-4-19-17)21-5-7-22(8-6-21)27(24,25)23-9-11-26-12-10-23/h13-14,17,19H,2-12H2,1H3/t17-/m1/s1. The van der Waals surface area contributed by atoms with E-state index in [1.165, 1.54) is 6.42 Å². The number of nitrogens with zero attached hydrogens (tertiary/aromatic N) is 4. The van der Waals surface area contributed by atoms with Crippen LogP contribution in [0.3, 0.4) is 0 Å². The first-order valence-electron chi connectivity index (χ1n) is 9.84. The summed E-state index contributed by atoms with van der Waals surface area (Å²) in [7, 11) is -3.38. The van der Waals surface area contributed by atoms with Gasteiger partial charge in [-0.1, -0.05) is 0 Å². The Labute approximate surface area is 161 Å². The summed E-state index contributed by atoms with van der Waals surface area (Å²) in [4.78, 5) is 6.99. The normalized spacial score (nSPS) is 25.8. The third-order valence-electron chi connectivity index (χ3n) is 5.60. The Kier molecular flexibility index (Phi) is 5.65. The van der Waals surface area contributed by atoms with Gasteiger partial charge in [-0.15, -0.1) is 0 Å². The largest absolute Gasteiger partial charge is 0.379 e. The van der Waals surface area contributed by atoms with E-state index in [-0.39, 0.29) is 0 Å². The summed E-state index contributed by atoms with van der Waals surface area (Å²) in [6.07, 6.45) is 2.31. The van der Waals surface area contributed by atoms with Crippen LogP contribution >= 0.6 is 0 Å². The Morgan fingerprint density at radius 3 is 2.44 bits per heavy atom. The molecule has 150 valence electrons. The molecule has 0 aliphatic carbocycles. The molecule has 4 rings (SSSR count). The van der Waals surface area contributed by atoms with Crippen molar-refractivity contribution >= 4 is 15.9 Å². The van der Waals surface area contributed by atoms with Gasteiger partial charge in [0, 0.05) is 56.7 Å². The summed E-state index contributed by atoms with van der Waals surface area (Å²) >= 11 is 0. The third kappa shape index (κ3) is 4.12. The van der Waals surface area contributed by atoms with Crippen LogP contribution in [-0.2, 0) is 14.9 Å². The van der Waals surface area contributed by atoms with E-state index in [4.69, 9.17) is 9.72 Å². The minimum absolute atomic E-state index is 0.339. The van der Waals surface area contributed by atoms with E-state index >= 15 is 0 Å². The predicted octanol–water partition coefficient (Wildman–Crippen LogP) is 0.514. The second kappa shape index (κ2) is 8.00. The molecule has 3 fully saturated rings. The van der Waals surface area contributed by atoms with Crippen molar-refractivity contribution in [2.45, 2.75) is 25.8 Å². The maximum Gasteiger partial charge on any atom is 0.282 e. The molecule has 1 N–H and O–H groups in total. The predicted molar refractivity (Wildman–Crippen MR) is 104 cm³/mol. The number of ether oxygens (including phenoxy) is 1. The molecule has 0 radical (unpaired) electrons. The number of hydrogen-bond donors (Lipinski definition) is 1. The van der Waals surface area contributed by atoms with Crippen molar-refractivity contribution in [2.24, 2.45) is 0 Å². The Balaban J connectivity index is 1.43.